The van der Waals surface area contributed by atoms with Gasteiger partial charge < -0.3 is 4.90 Å². The minimum Gasteiger partial charge on any atom is -0.365 e. The fourth-order valence-electron chi connectivity index (χ4n) is 1.35. The Morgan fingerprint density at radius 3 is 2.40 bits per heavy atom. The highest BCUT2D eigenvalue weighted by Crippen LogP contribution is 2.25. The van der Waals surface area contributed by atoms with Crippen molar-refractivity contribution in [3.8, 4) is 0 Å². The molecule has 5 heteroatoms. The summed E-state index contributed by atoms with van der Waals surface area (Å²) >= 11 is 3.25. The number of nitrogens with zero attached hydrogens (tertiary/aromatic N) is 1. The Hall–Kier alpha value is -0.710. The smallest absolute Gasteiger partial charge is 0.365 e. The number of halogens is 4. The van der Waals surface area contributed by atoms with Crippen LogP contribution in [-0.2, 0) is 5.33 Å². The molecule has 1 rings (SSSR count). The average Bonchev–Trinajstić information content (AvgIpc) is 2.15. The number of anilines is 1. The lowest BCUT2D eigenvalue weighted by Crippen LogP contribution is -2.31. The molecule has 0 aromatic heterocycles. The van der Waals surface area contributed by atoms with Gasteiger partial charge in [-0.05, 0) is 11.6 Å². The molecule has 0 spiro atoms. The third-order valence-electron chi connectivity index (χ3n) is 1.96. The van der Waals surface area contributed by atoms with Crippen LogP contribution in [-0.4, -0.2) is 19.8 Å². The molecule has 0 heterocycles. The van der Waals surface area contributed by atoms with Gasteiger partial charge in [0.15, 0.2) is 0 Å². The molecule has 0 aliphatic carbocycles. The van der Waals surface area contributed by atoms with Crippen LogP contribution in [0.15, 0.2) is 24.3 Å². The van der Waals surface area contributed by atoms with Gasteiger partial charge in [-0.15, -0.1) is 0 Å². The van der Waals surface area contributed by atoms with Crippen molar-refractivity contribution >= 4 is 21.6 Å². The molecule has 0 amide bonds. The minimum atomic E-state index is -4.17. The molecule has 0 bridgehead atoms. The van der Waals surface area contributed by atoms with Crippen LogP contribution in [0.25, 0.3) is 0 Å². The van der Waals surface area contributed by atoms with E-state index in [0.29, 0.717) is 11.0 Å². The van der Waals surface area contributed by atoms with E-state index >= 15 is 0 Å². The summed E-state index contributed by atoms with van der Waals surface area (Å²) in [4.78, 5) is 1.20. The van der Waals surface area contributed by atoms with Crippen molar-refractivity contribution in [3.05, 3.63) is 29.8 Å². The van der Waals surface area contributed by atoms with Gasteiger partial charge >= 0.3 is 6.18 Å². The second-order valence-electron chi connectivity index (χ2n) is 3.23. The van der Waals surface area contributed by atoms with E-state index in [-0.39, 0.29) is 0 Å². The lowest BCUT2D eigenvalue weighted by atomic mass is 10.2. The van der Waals surface area contributed by atoms with Crippen molar-refractivity contribution in [3.63, 3.8) is 0 Å². The van der Waals surface area contributed by atoms with Gasteiger partial charge in [0, 0.05) is 18.1 Å². The molecule has 0 atom stereocenters. The SMILES string of the molecule is CN(CC(F)(F)F)c1ccccc1CBr. The first-order chi connectivity index (χ1) is 6.94. The molecule has 0 fully saturated rings. The molecule has 0 N–H and O–H groups in total. The van der Waals surface area contributed by atoms with E-state index in [1.165, 1.54) is 11.9 Å². The number of para-hydroxylation sites is 1. The van der Waals surface area contributed by atoms with Crippen LogP contribution in [0.5, 0.6) is 0 Å². The highest BCUT2D eigenvalue weighted by molar-refractivity contribution is 9.08. The van der Waals surface area contributed by atoms with Gasteiger partial charge in [-0.25, -0.2) is 0 Å². The van der Waals surface area contributed by atoms with Gasteiger partial charge in [0.2, 0.25) is 0 Å². The third kappa shape index (κ3) is 3.74. The summed E-state index contributed by atoms with van der Waals surface area (Å²) in [6.45, 7) is -0.934. The summed E-state index contributed by atoms with van der Waals surface area (Å²) in [5.41, 5.74) is 1.45. The molecule has 0 radical (unpaired) electrons. The summed E-state index contributed by atoms with van der Waals surface area (Å²) in [5.74, 6) is 0. The molecule has 0 saturated carbocycles. The Morgan fingerprint density at radius 2 is 1.87 bits per heavy atom. The largest absolute Gasteiger partial charge is 0.405 e. The first-order valence-electron chi connectivity index (χ1n) is 4.36. The predicted octanol–water partition coefficient (Wildman–Crippen LogP) is 3.58. The lowest BCUT2D eigenvalue weighted by molar-refractivity contribution is -0.119. The highest BCUT2D eigenvalue weighted by atomic mass is 79.9. The molecule has 0 unspecified atom stereocenters. The molecule has 0 saturated heterocycles. The molecule has 1 aromatic carbocycles. The van der Waals surface area contributed by atoms with E-state index in [1.54, 1.807) is 18.2 Å². The zero-order valence-electron chi connectivity index (χ0n) is 8.18. The van der Waals surface area contributed by atoms with Crippen LogP contribution in [0.3, 0.4) is 0 Å². The Morgan fingerprint density at radius 1 is 1.27 bits per heavy atom. The molecule has 0 aliphatic heterocycles. The van der Waals surface area contributed by atoms with E-state index in [9.17, 15) is 13.2 Å². The zero-order valence-corrected chi connectivity index (χ0v) is 9.77. The highest BCUT2D eigenvalue weighted by Gasteiger charge is 2.29. The lowest BCUT2D eigenvalue weighted by Gasteiger charge is -2.23. The van der Waals surface area contributed by atoms with Crippen LogP contribution in [0.1, 0.15) is 5.56 Å². The van der Waals surface area contributed by atoms with Crippen LogP contribution in [0.4, 0.5) is 18.9 Å². The molecule has 1 aromatic rings. The molecule has 15 heavy (non-hydrogen) atoms. The van der Waals surface area contributed by atoms with E-state index in [2.05, 4.69) is 15.9 Å². The van der Waals surface area contributed by atoms with Gasteiger partial charge in [-0.2, -0.15) is 13.2 Å². The van der Waals surface area contributed by atoms with E-state index in [4.69, 9.17) is 0 Å². The molecule has 0 aliphatic rings. The Labute approximate surface area is 95.0 Å². The molecule has 1 nitrogen and oxygen atoms in total. The van der Waals surface area contributed by atoms with Gasteiger partial charge in [0.05, 0.1) is 0 Å². The van der Waals surface area contributed by atoms with Gasteiger partial charge in [0.25, 0.3) is 0 Å². The molecular weight excluding hydrogens is 271 g/mol. The summed E-state index contributed by atoms with van der Waals surface area (Å²) in [5, 5.41) is 0.547. The Balaban J connectivity index is 2.86. The monoisotopic (exact) mass is 281 g/mol. The van der Waals surface area contributed by atoms with Crippen LogP contribution in [0.2, 0.25) is 0 Å². The topological polar surface area (TPSA) is 3.24 Å². The van der Waals surface area contributed by atoms with Gasteiger partial charge in [0.1, 0.15) is 6.54 Å². The Kier molecular flexibility index (Phi) is 4.02. The molecular formula is C10H11BrF3N. The zero-order chi connectivity index (χ0) is 11.5. The van der Waals surface area contributed by atoms with Crippen molar-refractivity contribution in [1.29, 1.82) is 0 Å². The van der Waals surface area contributed by atoms with Crippen molar-refractivity contribution in [2.45, 2.75) is 11.5 Å². The first-order valence-corrected chi connectivity index (χ1v) is 5.48. The minimum absolute atomic E-state index is 0.547. The number of hydrogen-bond acceptors (Lipinski definition) is 1. The predicted molar refractivity (Wildman–Crippen MR) is 58.4 cm³/mol. The maximum Gasteiger partial charge on any atom is 0.405 e. The van der Waals surface area contributed by atoms with Crippen molar-refractivity contribution in [2.24, 2.45) is 0 Å². The van der Waals surface area contributed by atoms with E-state index < -0.39 is 12.7 Å². The second kappa shape index (κ2) is 4.88. The van der Waals surface area contributed by atoms with E-state index in [0.717, 1.165) is 5.56 Å². The van der Waals surface area contributed by atoms with Crippen LogP contribution < -0.4 is 4.90 Å². The molecule has 84 valence electrons. The second-order valence-corrected chi connectivity index (χ2v) is 3.79. The normalized spacial score (nSPS) is 11.5. The third-order valence-corrected chi connectivity index (χ3v) is 2.57. The number of alkyl halides is 4. The van der Waals surface area contributed by atoms with Crippen molar-refractivity contribution < 1.29 is 13.2 Å². The fraction of sp³-hybridized carbons (Fsp3) is 0.400. The van der Waals surface area contributed by atoms with Gasteiger partial charge in [-0.1, -0.05) is 34.1 Å². The quantitative estimate of drug-likeness (QED) is 0.766. The van der Waals surface area contributed by atoms with Crippen molar-refractivity contribution in [1.82, 2.24) is 0 Å². The first kappa shape index (κ1) is 12.4. The summed E-state index contributed by atoms with van der Waals surface area (Å²) in [7, 11) is 1.44. The standard InChI is InChI=1S/C10H11BrF3N/c1-15(7-10(12,13)14)9-5-3-2-4-8(9)6-11/h2-5H,6-7H2,1H3. The maximum absolute atomic E-state index is 12.2. The fourth-order valence-corrected chi connectivity index (χ4v) is 1.82. The summed E-state index contributed by atoms with van der Waals surface area (Å²) < 4.78 is 36.5. The number of rotatable bonds is 3. The van der Waals surface area contributed by atoms with Crippen molar-refractivity contribution in [2.75, 3.05) is 18.5 Å². The number of benzene rings is 1. The summed E-state index contributed by atoms with van der Waals surface area (Å²) in [6, 6.07) is 7.02. The average molecular weight is 282 g/mol. The van der Waals surface area contributed by atoms with E-state index in [1.807, 2.05) is 6.07 Å². The Bertz CT molecular complexity index is 325. The van der Waals surface area contributed by atoms with Crippen LogP contribution >= 0.6 is 15.9 Å². The maximum atomic E-state index is 12.2. The number of hydrogen-bond donors (Lipinski definition) is 0. The summed E-state index contributed by atoms with van der Waals surface area (Å²) in [6.07, 6.45) is -4.17. The van der Waals surface area contributed by atoms with Gasteiger partial charge in [-0.3, -0.25) is 0 Å². The van der Waals surface area contributed by atoms with Crippen LogP contribution in [0, 0.1) is 0 Å².